The first kappa shape index (κ1) is 11.9. The number of carbonyl (C=O) groups excluding carboxylic acids is 1. The maximum Gasteiger partial charge on any atom is 0.237 e. The first-order valence-electron chi connectivity index (χ1n) is 6.65. The standard InChI is InChI=1S/C13H24N2O/c1-8(2)5-4-6-10-7-11-9(3)12(11)14-15-13(10)16/h8-12,14H,4-7H2,1-3H3,(H,15,16). The van der Waals surface area contributed by atoms with Crippen molar-refractivity contribution >= 4 is 5.91 Å². The predicted molar refractivity (Wildman–Crippen MR) is 64.5 cm³/mol. The molecule has 2 aliphatic rings. The van der Waals surface area contributed by atoms with E-state index in [4.69, 9.17) is 0 Å². The fourth-order valence-corrected chi connectivity index (χ4v) is 2.86. The molecule has 3 nitrogen and oxygen atoms in total. The monoisotopic (exact) mass is 224 g/mol. The van der Waals surface area contributed by atoms with Gasteiger partial charge in [-0.15, -0.1) is 0 Å². The molecule has 4 atom stereocenters. The van der Waals surface area contributed by atoms with Gasteiger partial charge in [-0.3, -0.25) is 10.2 Å². The third-order valence-electron chi connectivity index (χ3n) is 4.19. The number of fused-ring (bicyclic) bond motifs is 1. The van der Waals surface area contributed by atoms with Crippen molar-refractivity contribution in [3.63, 3.8) is 0 Å². The van der Waals surface area contributed by atoms with Gasteiger partial charge in [-0.1, -0.05) is 33.6 Å². The lowest BCUT2D eigenvalue weighted by atomic mass is 9.93. The highest BCUT2D eigenvalue weighted by molar-refractivity contribution is 5.78. The molecule has 0 aromatic heterocycles. The van der Waals surface area contributed by atoms with Crippen LogP contribution in [0.4, 0.5) is 0 Å². The Morgan fingerprint density at radius 1 is 1.44 bits per heavy atom. The molecule has 0 aromatic carbocycles. The highest BCUT2D eigenvalue weighted by Gasteiger charge is 2.50. The van der Waals surface area contributed by atoms with E-state index >= 15 is 0 Å². The van der Waals surface area contributed by atoms with E-state index in [1.165, 1.54) is 12.8 Å². The fraction of sp³-hybridized carbons (Fsp3) is 0.923. The molecule has 0 bridgehead atoms. The van der Waals surface area contributed by atoms with Gasteiger partial charge in [-0.05, 0) is 30.6 Å². The molecule has 2 fully saturated rings. The minimum absolute atomic E-state index is 0.211. The summed E-state index contributed by atoms with van der Waals surface area (Å²) in [6.07, 6.45) is 4.56. The molecule has 1 saturated heterocycles. The molecule has 0 aromatic rings. The number of rotatable bonds is 4. The Labute approximate surface area is 98.3 Å². The van der Waals surface area contributed by atoms with Crippen LogP contribution in [0.5, 0.6) is 0 Å². The Balaban J connectivity index is 1.80. The van der Waals surface area contributed by atoms with Gasteiger partial charge < -0.3 is 0 Å². The average molecular weight is 224 g/mol. The van der Waals surface area contributed by atoms with Gasteiger partial charge in [0.05, 0.1) is 0 Å². The molecular formula is C13H24N2O. The quantitative estimate of drug-likeness (QED) is 0.767. The van der Waals surface area contributed by atoms with Crippen molar-refractivity contribution in [3.05, 3.63) is 0 Å². The molecule has 3 heteroatoms. The number of amides is 1. The van der Waals surface area contributed by atoms with Crippen molar-refractivity contribution in [1.82, 2.24) is 10.9 Å². The maximum atomic E-state index is 11.8. The zero-order valence-corrected chi connectivity index (χ0v) is 10.6. The highest BCUT2D eigenvalue weighted by atomic mass is 16.2. The minimum Gasteiger partial charge on any atom is -0.291 e. The SMILES string of the molecule is CC(C)CCCC1CC2C(C)C2NNC1=O. The van der Waals surface area contributed by atoms with Gasteiger partial charge in [-0.25, -0.2) is 5.43 Å². The number of nitrogens with one attached hydrogen (secondary N) is 2. The molecule has 4 unspecified atom stereocenters. The van der Waals surface area contributed by atoms with Crippen molar-refractivity contribution in [2.45, 2.75) is 52.5 Å². The topological polar surface area (TPSA) is 41.1 Å². The number of carbonyl (C=O) groups is 1. The summed E-state index contributed by atoms with van der Waals surface area (Å²) in [5.74, 6) is 2.67. The fourth-order valence-electron chi connectivity index (χ4n) is 2.86. The van der Waals surface area contributed by atoms with Gasteiger partial charge in [0.25, 0.3) is 0 Å². The number of hydrazine groups is 1. The first-order chi connectivity index (χ1) is 7.59. The molecule has 1 aliphatic heterocycles. The van der Waals surface area contributed by atoms with Gasteiger partial charge >= 0.3 is 0 Å². The molecule has 1 saturated carbocycles. The lowest BCUT2D eigenvalue weighted by molar-refractivity contribution is -0.126. The van der Waals surface area contributed by atoms with E-state index in [1.54, 1.807) is 0 Å². The van der Waals surface area contributed by atoms with Crippen LogP contribution in [0.15, 0.2) is 0 Å². The number of hydrogen-bond acceptors (Lipinski definition) is 2. The van der Waals surface area contributed by atoms with Gasteiger partial charge in [0.15, 0.2) is 0 Å². The van der Waals surface area contributed by atoms with Gasteiger partial charge in [0.2, 0.25) is 5.91 Å². The Hall–Kier alpha value is -0.570. The van der Waals surface area contributed by atoms with Crippen molar-refractivity contribution in [2.24, 2.45) is 23.7 Å². The van der Waals surface area contributed by atoms with Gasteiger partial charge in [-0.2, -0.15) is 0 Å². The summed E-state index contributed by atoms with van der Waals surface area (Å²) in [4.78, 5) is 11.8. The second kappa shape index (κ2) is 4.74. The summed E-state index contributed by atoms with van der Waals surface area (Å²) >= 11 is 0. The summed E-state index contributed by atoms with van der Waals surface area (Å²) in [6, 6.07) is 0.541. The van der Waals surface area contributed by atoms with E-state index in [0.717, 1.165) is 30.6 Å². The highest BCUT2D eigenvalue weighted by Crippen LogP contribution is 2.44. The third-order valence-corrected chi connectivity index (χ3v) is 4.19. The molecular weight excluding hydrogens is 200 g/mol. The molecule has 0 spiro atoms. The van der Waals surface area contributed by atoms with E-state index in [-0.39, 0.29) is 11.8 Å². The van der Waals surface area contributed by atoms with Crippen LogP contribution in [0.1, 0.15) is 46.5 Å². The van der Waals surface area contributed by atoms with Crippen LogP contribution in [0.25, 0.3) is 0 Å². The lowest BCUT2D eigenvalue weighted by Crippen LogP contribution is -2.41. The first-order valence-corrected chi connectivity index (χ1v) is 6.65. The summed E-state index contributed by atoms with van der Waals surface area (Å²) < 4.78 is 0. The van der Waals surface area contributed by atoms with Crippen LogP contribution in [-0.2, 0) is 4.79 Å². The van der Waals surface area contributed by atoms with Gasteiger partial charge in [0, 0.05) is 12.0 Å². The molecule has 1 aliphatic carbocycles. The lowest BCUT2D eigenvalue weighted by Gasteiger charge is -2.15. The molecule has 16 heavy (non-hydrogen) atoms. The maximum absolute atomic E-state index is 11.8. The van der Waals surface area contributed by atoms with Gasteiger partial charge in [0.1, 0.15) is 0 Å². The minimum atomic E-state index is 0.211. The molecule has 1 amide bonds. The largest absolute Gasteiger partial charge is 0.291 e. The van der Waals surface area contributed by atoms with E-state index in [1.807, 2.05) is 0 Å². The van der Waals surface area contributed by atoms with Crippen molar-refractivity contribution in [3.8, 4) is 0 Å². The average Bonchev–Trinajstić information content (AvgIpc) is 2.86. The van der Waals surface area contributed by atoms with Crippen LogP contribution in [0.3, 0.4) is 0 Å². The predicted octanol–water partition coefficient (Wildman–Crippen LogP) is 2.09. The van der Waals surface area contributed by atoms with Crippen LogP contribution in [0, 0.1) is 23.7 Å². The Morgan fingerprint density at radius 3 is 2.88 bits per heavy atom. The van der Waals surface area contributed by atoms with E-state index < -0.39 is 0 Å². The smallest absolute Gasteiger partial charge is 0.237 e. The third kappa shape index (κ3) is 2.57. The van der Waals surface area contributed by atoms with Crippen molar-refractivity contribution < 1.29 is 4.79 Å². The van der Waals surface area contributed by atoms with E-state index in [0.29, 0.717) is 6.04 Å². The van der Waals surface area contributed by atoms with Crippen LogP contribution in [0.2, 0.25) is 0 Å². The normalized spacial score (nSPS) is 37.9. The summed E-state index contributed by atoms with van der Waals surface area (Å²) in [6.45, 7) is 6.76. The second-order valence-corrected chi connectivity index (χ2v) is 5.94. The molecule has 2 N–H and O–H groups in total. The number of hydrogen-bond donors (Lipinski definition) is 2. The second-order valence-electron chi connectivity index (χ2n) is 5.94. The van der Waals surface area contributed by atoms with Crippen LogP contribution < -0.4 is 10.9 Å². The van der Waals surface area contributed by atoms with Crippen LogP contribution in [-0.4, -0.2) is 11.9 Å². The van der Waals surface area contributed by atoms with E-state index in [2.05, 4.69) is 31.6 Å². The molecule has 92 valence electrons. The Bertz CT molecular complexity index is 265. The summed E-state index contributed by atoms with van der Waals surface area (Å²) in [5, 5.41) is 0. The molecule has 2 rings (SSSR count). The molecule has 0 radical (unpaired) electrons. The Kier molecular flexibility index (Phi) is 3.53. The zero-order chi connectivity index (χ0) is 11.7. The van der Waals surface area contributed by atoms with Crippen molar-refractivity contribution in [1.29, 1.82) is 0 Å². The zero-order valence-electron chi connectivity index (χ0n) is 10.6. The molecule has 1 heterocycles. The summed E-state index contributed by atoms with van der Waals surface area (Å²) in [5.41, 5.74) is 6.01. The van der Waals surface area contributed by atoms with Crippen molar-refractivity contribution in [2.75, 3.05) is 0 Å². The summed E-state index contributed by atoms with van der Waals surface area (Å²) in [7, 11) is 0. The Morgan fingerprint density at radius 2 is 2.19 bits per heavy atom. The van der Waals surface area contributed by atoms with Crippen LogP contribution >= 0.6 is 0 Å². The van der Waals surface area contributed by atoms with E-state index in [9.17, 15) is 4.79 Å².